The molecule has 2 aromatic rings. The monoisotopic (exact) mass is 347 g/mol. The van der Waals surface area contributed by atoms with Gasteiger partial charge in [0.15, 0.2) is 10.8 Å². The molecular formula is C17H21N3O3S. The van der Waals surface area contributed by atoms with Crippen molar-refractivity contribution in [1.82, 2.24) is 15.2 Å². The first-order valence-corrected chi connectivity index (χ1v) is 8.86. The fourth-order valence-corrected chi connectivity index (χ4v) is 3.96. The fourth-order valence-electron chi connectivity index (χ4n) is 2.96. The van der Waals surface area contributed by atoms with Crippen LogP contribution in [0, 0.1) is 13.8 Å². The molecule has 1 fully saturated rings. The fraction of sp³-hybridized carbons (Fsp3) is 0.471. The van der Waals surface area contributed by atoms with Gasteiger partial charge < -0.3 is 14.6 Å². The van der Waals surface area contributed by atoms with Gasteiger partial charge in [0.2, 0.25) is 5.91 Å². The van der Waals surface area contributed by atoms with E-state index in [9.17, 15) is 9.59 Å². The number of furan rings is 1. The van der Waals surface area contributed by atoms with Crippen LogP contribution in [0.25, 0.3) is 10.8 Å². The lowest BCUT2D eigenvalue weighted by Crippen LogP contribution is -2.49. The zero-order valence-electron chi connectivity index (χ0n) is 14.1. The van der Waals surface area contributed by atoms with Crippen LogP contribution in [0.4, 0.5) is 0 Å². The summed E-state index contributed by atoms with van der Waals surface area (Å²) in [5.74, 6) is 1.43. The first kappa shape index (κ1) is 16.7. The number of carbonyl (C=O) groups excluding carboxylic acids is 2. The second-order valence-corrected chi connectivity index (χ2v) is 7.13. The van der Waals surface area contributed by atoms with Crippen molar-refractivity contribution in [2.24, 2.45) is 0 Å². The lowest BCUT2D eigenvalue weighted by Gasteiger charge is -2.32. The SMILES string of the molecule is CC(=O)N[C@H]1CCCN(C(=O)c2sc(-c3ccc(C)o3)nc2C)C1. The summed E-state index contributed by atoms with van der Waals surface area (Å²) in [6, 6.07) is 3.78. The molecule has 0 spiro atoms. The molecule has 0 bridgehead atoms. The first-order valence-electron chi connectivity index (χ1n) is 8.04. The Labute approximate surface area is 144 Å². The zero-order valence-corrected chi connectivity index (χ0v) is 14.9. The van der Waals surface area contributed by atoms with Crippen LogP contribution in [0.3, 0.4) is 0 Å². The van der Waals surface area contributed by atoms with E-state index in [1.807, 2.05) is 30.9 Å². The lowest BCUT2D eigenvalue weighted by molar-refractivity contribution is -0.120. The van der Waals surface area contributed by atoms with Gasteiger partial charge >= 0.3 is 0 Å². The van der Waals surface area contributed by atoms with Gasteiger partial charge in [-0.3, -0.25) is 9.59 Å². The van der Waals surface area contributed by atoms with Crippen molar-refractivity contribution in [2.45, 2.75) is 39.7 Å². The molecule has 0 radical (unpaired) electrons. The normalized spacial score (nSPS) is 17.8. The summed E-state index contributed by atoms with van der Waals surface area (Å²) in [5, 5.41) is 3.63. The Kier molecular flexibility index (Phi) is 4.71. The summed E-state index contributed by atoms with van der Waals surface area (Å²) >= 11 is 1.36. The van der Waals surface area contributed by atoms with Crippen LogP contribution >= 0.6 is 11.3 Å². The highest BCUT2D eigenvalue weighted by molar-refractivity contribution is 7.17. The molecular weight excluding hydrogens is 326 g/mol. The van der Waals surface area contributed by atoms with Gasteiger partial charge in [-0.15, -0.1) is 11.3 Å². The predicted molar refractivity (Wildman–Crippen MR) is 92.0 cm³/mol. The maximum atomic E-state index is 12.9. The minimum absolute atomic E-state index is 0.0189. The molecule has 7 heteroatoms. The van der Waals surface area contributed by atoms with E-state index in [0.29, 0.717) is 23.7 Å². The van der Waals surface area contributed by atoms with Crippen LogP contribution in [-0.4, -0.2) is 40.8 Å². The summed E-state index contributed by atoms with van der Waals surface area (Å²) in [6.07, 6.45) is 1.79. The molecule has 1 N–H and O–H groups in total. The van der Waals surface area contributed by atoms with E-state index in [-0.39, 0.29) is 17.9 Å². The van der Waals surface area contributed by atoms with Crippen LogP contribution in [0.1, 0.15) is 40.9 Å². The van der Waals surface area contributed by atoms with Crippen LogP contribution in [0.15, 0.2) is 16.5 Å². The Balaban J connectivity index is 1.77. The number of hydrogen-bond donors (Lipinski definition) is 1. The molecule has 0 unspecified atom stereocenters. The van der Waals surface area contributed by atoms with E-state index in [2.05, 4.69) is 10.3 Å². The highest BCUT2D eigenvalue weighted by Gasteiger charge is 2.28. The summed E-state index contributed by atoms with van der Waals surface area (Å²) < 4.78 is 5.60. The number of carbonyl (C=O) groups is 2. The Bertz CT molecular complexity index is 765. The number of aryl methyl sites for hydroxylation is 2. The smallest absolute Gasteiger partial charge is 0.265 e. The van der Waals surface area contributed by atoms with Crippen molar-refractivity contribution >= 4 is 23.2 Å². The van der Waals surface area contributed by atoms with Crippen molar-refractivity contribution in [1.29, 1.82) is 0 Å². The summed E-state index contributed by atoms with van der Waals surface area (Å²) in [6.45, 7) is 6.49. The van der Waals surface area contributed by atoms with Gasteiger partial charge in [0.25, 0.3) is 5.91 Å². The largest absolute Gasteiger partial charge is 0.459 e. The third-order valence-electron chi connectivity index (χ3n) is 4.06. The van der Waals surface area contributed by atoms with Crippen molar-refractivity contribution in [3.63, 3.8) is 0 Å². The van der Waals surface area contributed by atoms with E-state index in [4.69, 9.17) is 4.42 Å². The van der Waals surface area contributed by atoms with E-state index in [1.165, 1.54) is 18.3 Å². The molecule has 0 saturated carbocycles. The van der Waals surface area contributed by atoms with Gasteiger partial charge in [-0.2, -0.15) is 0 Å². The van der Waals surface area contributed by atoms with Crippen molar-refractivity contribution in [3.05, 3.63) is 28.5 Å². The quantitative estimate of drug-likeness (QED) is 0.926. The standard InChI is InChI=1S/C17H21N3O3S/c1-10-6-7-14(23-10)16-18-11(2)15(24-16)17(22)20-8-4-5-13(9-20)19-12(3)21/h6-7,13H,4-5,8-9H2,1-3H3,(H,19,21)/t13-/m0/s1. The van der Waals surface area contributed by atoms with Gasteiger partial charge in [-0.25, -0.2) is 4.98 Å². The van der Waals surface area contributed by atoms with E-state index in [0.717, 1.165) is 29.3 Å². The number of hydrogen-bond acceptors (Lipinski definition) is 5. The Morgan fingerprint density at radius 2 is 2.17 bits per heavy atom. The molecule has 3 rings (SSSR count). The Hall–Kier alpha value is -2.15. The molecule has 1 aliphatic heterocycles. The Morgan fingerprint density at radius 1 is 1.38 bits per heavy atom. The van der Waals surface area contributed by atoms with E-state index in [1.54, 1.807) is 0 Å². The number of amides is 2. The summed E-state index contributed by atoms with van der Waals surface area (Å²) in [5.41, 5.74) is 0.718. The third-order valence-corrected chi connectivity index (χ3v) is 5.22. The van der Waals surface area contributed by atoms with Crippen LogP contribution in [-0.2, 0) is 4.79 Å². The van der Waals surface area contributed by atoms with Crippen molar-refractivity contribution in [3.8, 4) is 10.8 Å². The molecule has 24 heavy (non-hydrogen) atoms. The zero-order chi connectivity index (χ0) is 17.3. The lowest BCUT2D eigenvalue weighted by atomic mass is 10.1. The minimum atomic E-state index is -0.0567. The average molecular weight is 347 g/mol. The molecule has 1 atom stereocenters. The molecule has 2 aromatic heterocycles. The maximum absolute atomic E-state index is 12.9. The highest BCUT2D eigenvalue weighted by atomic mass is 32.1. The number of aromatic nitrogens is 1. The molecule has 0 aromatic carbocycles. The van der Waals surface area contributed by atoms with Crippen LogP contribution in [0.5, 0.6) is 0 Å². The van der Waals surface area contributed by atoms with Crippen LogP contribution in [0.2, 0.25) is 0 Å². The minimum Gasteiger partial charge on any atom is -0.459 e. The highest BCUT2D eigenvalue weighted by Crippen LogP contribution is 2.30. The van der Waals surface area contributed by atoms with Gasteiger partial charge in [-0.05, 0) is 38.8 Å². The summed E-state index contributed by atoms with van der Waals surface area (Å²) in [7, 11) is 0. The second-order valence-electron chi connectivity index (χ2n) is 6.13. The van der Waals surface area contributed by atoms with Crippen LogP contribution < -0.4 is 5.32 Å². The van der Waals surface area contributed by atoms with Crippen molar-refractivity contribution < 1.29 is 14.0 Å². The molecule has 0 aliphatic carbocycles. The maximum Gasteiger partial charge on any atom is 0.265 e. The molecule has 2 amide bonds. The predicted octanol–water partition coefficient (Wildman–Crippen LogP) is 2.76. The molecule has 1 saturated heterocycles. The molecule has 6 nitrogen and oxygen atoms in total. The molecule has 3 heterocycles. The van der Waals surface area contributed by atoms with Crippen molar-refractivity contribution in [2.75, 3.05) is 13.1 Å². The average Bonchev–Trinajstić information content (AvgIpc) is 3.12. The number of likely N-dealkylation sites (tertiary alicyclic amines) is 1. The third kappa shape index (κ3) is 3.51. The Morgan fingerprint density at radius 3 is 2.83 bits per heavy atom. The van der Waals surface area contributed by atoms with Gasteiger partial charge in [-0.1, -0.05) is 0 Å². The first-order chi connectivity index (χ1) is 11.4. The van der Waals surface area contributed by atoms with E-state index >= 15 is 0 Å². The van der Waals surface area contributed by atoms with Gasteiger partial charge in [0, 0.05) is 26.1 Å². The number of nitrogens with one attached hydrogen (secondary N) is 1. The number of piperidine rings is 1. The summed E-state index contributed by atoms with van der Waals surface area (Å²) in [4.78, 5) is 31.0. The van der Waals surface area contributed by atoms with Gasteiger partial charge in [0.1, 0.15) is 10.6 Å². The van der Waals surface area contributed by atoms with E-state index < -0.39 is 0 Å². The van der Waals surface area contributed by atoms with Gasteiger partial charge in [0.05, 0.1) is 5.69 Å². The second kappa shape index (κ2) is 6.76. The number of nitrogens with zero attached hydrogens (tertiary/aromatic N) is 2. The molecule has 1 aliphatic rings. The molecule has 128 valence electrons. The number of rotatable bonds is 3. The topological polar surface area (TPSA) is 75.4 Å². The number of thiazole rings is 1.